The normalized spacial score (nSPS) is 11.9. The molecule has 6 heteroatoms. The Hall–Kier alpha value is -3.04. The molecule has 2 aromatic carbocycles. The minimum absolute atomic E-state index is 0.243. The number of ether oxygens (including phenoxy) is 1. The maximum absolute atomic E-state index is 9.21. The molecule has 0 saturated carbocycles. The summed E-state index contributed by atoms with van der Waals surface area (Å²) in [6.45, 7) is 12.3. The van der Waals surface area contributed by atoms with Gasteiger partial charge in [-0.2, -0.15) is 5.26 Å². The van der Waals surface area contributed by atoms with E-state index in [-0.39, 0.29) is 5.54 Å². The third kappa shape index (κ3) is 7.95. The topological polar surface area (TPSA) is 86.7 Å². The van der Waals surface area contributed by atoms with Gasteiger partial charge in [-0.05, 0) is 71.4 Å². The van der Waals surface area contributed by atoms with E-state index in [4.69, 9.17) is 15.5 Å². The molecule has 0 spiro atoms. The second kappa shape index (κ2) is 11.4. The summed E-state index contributed by atoms with van der Waals surface area (Å²) < 4.78 is 5.87. The van der Waals surface area contributed by atoms with Gasteiger partial charge in [0.1, 0.15) is 12.4 Å². The lowest BCUT2D eigenvalue weighted by Gasteiger charge is -2.29. The summed E-state index contributed by atoms with van der Waals surface area (Å²) in [4.78, 5) is 7.03. The fourth-order valence-corrected chi connectivity index (χ4v) is 3.09. The third-order valence-corrected chi connectivity index (χ3v) is 4.90. The van der Waals surface area contributed by atoms with E-state index in [1.165, 1.54) is 0 Å². The predicted octanol–water partition coefficient (Wildman–Crippen LogP) is 4.76. The number of nitriles is 1. The molecular formula is C25H35N5O. The summed E-state index contributed by atoms with van der Waals surface area (Å²) in [6.07, 6.45) is 0.810. The SMILES string of the molecule is CCN(C(=NCCC(C)(C)N)Nc1ccc(OCc2ccccc2C#N)cc1)C(C)C. The van der Waals surface area contributed by atoms with Crippen LogP contribution in [0.3, 0.4) is 0 Å². The van der Waals surface area contributed by atoms with Crippen molar-refractivity contribution in [3.63, 3.8) is 0 Å². The summed E-state index contributed by atoms with van der Waals surface area (Å²) in [5.41, 5.74) is 8.32. The van der Waals surface area contributed by atoms with Crippen LogP contribution in [-0.4, -0.2) is 35.5 Å². The number of nitrogens with one attached hydrogen (secondary N) is 1. The van der Waals surface area contributed by atoms with E-state index in [9.17, 15) is 5.26 Å². The Bertz CT molecular complexity index is 891. The lowest BCUT2D eigenvalue weighted by molar-refractivity contribution is 0.306. The number of hydrogen-bond acceptors (Lipinski definition) is 4. The molecule has 0 saturated heterocycles. The quantitative estimate of drug-likeness (QED) is 0.450. The predicted molar refractivity (Wildman–Crippen MR) is 128 cm³/mol. The van der Waals surface area contributed by atoms with Crippen molar-refractivity contribution >= 4 is 11.6 Å². The second-order valence-electron chi connectivity index (χ2n) is 8.53. The highest BCUT2D eigenvalue weighted by Gasteiger charge is 2.15. The fraction of sp³-hybridized carbons (Fsp3) is 0.440. The van der Waals surface area contributed by atoms with Crippen LogP contribution in [0.1, 0.15) is 52.2 Å². The van der Waals surface area contributed by atoms with E-state index in [0.29, 0.717) is 24.8 Å². The summed E-state index contributed by atoms with van der Waals surface area (Å²) >= 11 is 0. The van der Waals surface area contributed by atoms with Gasteiger partial charge in [0, 0.05) is 35.9 Å². The number of rotatable bonds is 9. The van der Waals surface area contributed by atoms with Gasteiger partial charge in [0.05, 0.1) is 11.6 Å². The largest absolute Gasteiger partial charge is 0.489 e. The lowest BCUT2D eigenvalue weighted by atomic mass is 10.0. The van der Waals surface area contributed by atoms with Gasteiger partial charge in [0.15, 0.2) is 5.96 Å². The molecule has 0 aromatic heterocycles. The minimum atomic E-state index is -0.243. The number of benzene rings is 2. The number of anilines is 1. The first-order valence-corrected chi connectivity index (χ1v) is 10.8. The van der Waals surface area contributed by atoms with Crippen molar-refractivity contribution in [3.8, 4) is 11.8 Å². The number of guanidine groups is 1. The molecule has 0 fully saturated rings. The van der Waals surface area contributed by atoms with E-state index >= 15 is 0 Å². The molecule has 3 N–H and O–H groups in total. The first-order valence-electron chi connectivity index (χ1n) is 10.8. The number of nitrogens with zero attached hydrogens (tertiary/aromatic N) is 3. The molecule has 0 unspecified atom stereocenters. The maximum atomic E-state index is 9.21. The zero-order chi connectivity index (χ0) is 22.9. The maximum Gasteiger partial charge on any atom is 0.198 e. The van der Waals surface area contributed by atoms with Crippen LogP contribution >= 0.6 is 0 Å². The van der Waals surface area contributed by atoms with Crippen molar-refractivity contribution in [1.29, 1.82) is 5.26 Å². The van der Waals surface area contributed by atoms with Gasteiger partial charge in [-0.15, -0.1) is 0 Å². The van der Waals surface area contributed by atoms with E-state index in [2.05, 4.69) is 37.1 Å². The average Bonchev–Trinajstić information content (AvgIpc) is 2.72. The molecule has 0 bridgehead atoms. The van der Waals surface area contributed by atoms with Gasteiger partial charge in [-0.3, -0.25) is 4.99 Å². The first kappa shape index (κ1) is 24.2. The van der Waals surface area contributed by atoms with Crippen molar-refractivity contribution in [3.05, 3.63) is 59.7 Å². The Morgan fingerprint density at radius 1 is 1.19 bits per heavy atom. The summed E-state index contributed by atoms with van der Waals surface area (Å²) in [5.74, 6) is 1.59. The van der Waals surface area contributed by atoms with Gasteiger partial charge >= 0.3 is 0 Å². The van der Waals surface area contributed by atoms with Crippen LogP contribution in [0.15, 0.2) is 53.5 Å². The minimum Gasteiger partial charge on any atom is -0.489 e. The van der Waals surface area contributed by atoms with Gasteiger partial charge in [0.2, 0.25) is 0 Å². The highest BCUT2D eigenvalue weighted by atomic mass is 16.5. The summed E-state index contributed by atoms with van der Waals surface area (Å²) in [7, 11) is 0. The van der Waals surface area contributed by atoms with Crippen molar-refractivity contribution in [2.45, 2.75) is 59.2 Å². The molecule has 0 aliphatic rings. The average molecular weight is 422 g/mol. The first-order chi connectivity index (χ1) is 14.7. The molecule has 0 radical (unpaired) electrons. The number of nitrogens with two attached hydrogens (primary N) is 1. The van der Waals surface area contributed by atoms with Crippen molar-refractivity contribution in [2.75, 3.05) is 18.4 Å². The van der Waals surface area contributed by atoms with Crippen LogP contribution in [0.5, 0.6) is 5.75 Å². The fourth-order valence-electron chi connectivity index (χ4n) is 3.09. The Kier molecular flexibility index (Phi) is 8.89. The van der Waals surface area contributed by atoms with Gasteiger partial charge < -0.3 is 20.7 Å². The Morgan fingerprint density at radius 2 is 1.87 bits per heavy atom. The Morgan fingerprint density at radius 3 is 2.45 bits per heavy atom. The molecule has 0 aliphatic carbocycles. The van der Waals surface area contributed by atoms with Crippen LogP contribution in [0.2, 0.25) is 0 Å². The summed E-state index contributed by atoms with van der Waals surface area (Å²) in [5, 5.41) is 12.7. The standard InChI is InChI=1S/C25H35N5O/c1-6-30(19(2)3)24(28-16-15-25(4,5)27)29-22-11-13-23(14-12-22)31-18-21-10-8-7-9-20(21)17-26/h7-14,19H,6,15-16,18,27H2,1-5H3,(H,28,29). The monoisotopic (exact) mass is 421 g/mol. The Balaban J connectivity index is 2.07. The van der Waals surface area contributed by atoms with Gasteiger partial charge in [0.25, 0.3) is 0 Å². The summed E-state index contributed by atoms with van der Waals surface area (Å²) in [6, 6.07) is 17.8. The molecule has 0 amide bonds. The lowest BCUT2D eigenvalue weighted by Crippen LogP contribution is -2.41. The van der Waals surface area contributed by atoms with Gasteiger partial charge in [-0.25, -0.2) is 0 Å². The molecule has 0 heterocycles. The van der Waals surface area contributed by atoms with Crippen molar-refractivity contribution in [1.82, 2.24) is 4.90 Å². The second-order valence-corrected chi connectivity index (χ2v) is 8.53. The molecule has 2 aromatic rings. The van der Waals surface area contributed by atoms with Crippen LogP contribution < -0.4 is 15.8 Å². The van der Waals surface area contributed by atoms with Crippen LogP contribution in [0.4, 0.5) is 5.69 Å². The van der Waals surface area contributed by atoms with E-state index in [1.807, 2.05) is 56.3 Å². The molecule has 0 aliphatic heterocycles. The van der Waals surface area contributed by atoms with E-state index < -0.39 is 0 Å². The Labute approximate surface area is 186 Å². The molecule has 31 heavy (non-hydrogen) atoms. The van der Waals surface area contributed by atoms with Crippen LogP contribution in [0, 0.1) is 11.3 Å². The molecule has 6 nitrogen and oxygen atoms in total. The number of aliphatic imine (C=N–C) groups is 1. The van der Waals surface area contributed by atoms with Crippen molar-refractivity contribution < 1.29 is 4.74 Å². The molecule has 0 atom stereocenters. The molecule has 2 rings (SSSR count). The highest BCUT2D eigenvalue weighted by Crippen LogP contribution is 2.19. The third-order valence-electron chi connectivity index (χ3n) is 4.90. The highest BCUT2D eigenvalue weighted by molar-refractivity contribution is 5.93. The zero-order valence-electron chi connectivity index (χ0n) is 19.4. The van der Waals surface area contributed by atoms with Gasteiger partial charge in [-0.1, -0.05) is 18.2 Å². The molecule has 166 valence electrons. The van der Waals surface area contributed by atoms with Crippen molar-refractivity contribution in [2.24, 2.45) is 10.7 Å². The number of hydrogen-bond donors (Lipinski definition) is 2. The van der Waals surface area contributed by atoms with Crippen LogP contribution in [0.25, 0.3) is 0 Å². The van der Waals surface area contributed by atoms with E-state index in [0.717, 1.165) is 35.9 Å². The van der Waals surface area contributed by atoms with Crippen LogP contribution in [-0.2, 0) is 6.61 Å². The molecular weight excluding hydrogens is 386 g/mol. The van der Waals surface area contributed by atoms with E-state index in [1.54, 1.807) is 6.07 Å². The smallest absolute Gasteiger partial charge is 0.198 e. The zero-order valence-corrected chi connectivity index (χ0v) is 19.4.